The van der Waals surface area contributed by atoms with Gasteiger partial charge in [0.25, 0.3) is 0 Å². The number of aliphatic hydroxyl groups excluding tert-OH is 2. The first-order valence-corrected chi connectivity index (χ1v) is 10.5. The van der Waals surface area contributed by atoms with Crippen molar-refractivity contribution in [3.63, 3.8) is 0 Å². The maximum atomic E-state index is 9.84. The summed E-state index contributed by atoms with van der Waals surface area (Å²) in [5, 5.41) is 19.0. The second-order valence-corrected chi connectivity index (χ2v) is 8.71. The van der Waals surface area contributed by atoms with Gasteiger partial charge in [-0.1, -0.05) is 6.07 Å². The molecule has 2 heterocycles. The Morgan fingerprint density at radius 3 is 2.22 bits per heavy atom. The van der Waals surface area contributed by atoms with Gasteiger partial charge in [0.05, 0.1) is 6.61 Å². The first-order valence-electron chi connectivity index (χ1n) is 10.5. The molecule has 2 fully saturated rings. The highest BCUT2D eigenvalue weighted by Crippen LogP contribution is 2.30. The molecule has 0 bridgehead atoms. The van der Waals surface area contributed by atoms with Gasteiger partial charge in [-0.15, -0.1) is 0 Å². The Hall–Kier alpha value is -1.14. The fourth-order valence-electron chi connectivity index (χ4n) is 4.97. The van der Waals surface area contributed by atoms with Crippen LogP contribution in [0.3, 0.4) is 0 Å². The molecule has 2 aliphatic heterocycles. The van der Waals surface area contributed by atoms with E-state index in [4.69, 9.17) is 5.11 Å². The molecule has 0 amide bonds. The molecule has 1 aromatic rings. The normalized spacial score (nSPS) is 24.9. The fraction of sp³-hybridized carbons (Fsp3) is 0.727. The van der Waals surface area contributed by atoms with Gasteiger partial charge in [-0.05, 0) is 68.8 Å². The van der Waals surface area contributed by atoms with Crippen molar-refractivity contribution in [2.45, 2.75) is 32.7 Å². The largest absolute Gasteiger partial charge is 0.396 e. The summed E-state index contributed by atoms with van der Waals surface area (Å²) in [4.78, 5) is 7.35. The average Bonchev–Trinajstić information content (AvgIpc) is 3.04. The molecule has 2 N–H and O–H groups in total. The van der Waals surface area contributed by atoms with Crippen molar-refractivity contribution in [1.29, 1.82) is 0 Å². The van der Waals surface area contributed by atoms with Crippen LogP contribution in [0.5, 0.6) is 0 Å². The summed E-state index contributed by atoms with van der Waals surface area (Å²) in [6.07, 6.45) is 2.40. The van der Waals surface area contributed by atoms with Gasteiger partial charge in [0, 0.05) is 57.6 Å². The molecule has 5 nitrogen and oxygen atoms in total. The molecule has 2 atom stereocenters. The molecule has 27 heavy (non-hydrogen) atoms. The van der Waals surface area contributed by atoms with E-state index in [1.807, 2.05) is 0 Å². The monoisotopic (exact) mass is 375 g/mol. The number of aliphatic hydroxyl groups is 2. The highest BCUT2D eigenvalue weighted by Gasteiger charge is 2.37. The van der Waals surface area contributed by atoms with Crippen LogP contribution in [0, 0.1) is 25.7 Å². The zero-order valence-corrected chi connectivity index (χ0v) is 17.3. The van der Waals surface area contributed by atoms with Crippen LogP contribution < -0.4 is 4.90 Å². The number of likely N-dealkylation sites (N-methyl/N-ethyl adjacent to an activating group) is 1. The van der Waals surface area contributed by atoms with Gasteiger partial charge in [0.2, 0.25) is 0 Å². The number of hydrogen-bond acceptors (Lipinski definition) is 5. The maximum absolute atomic E-state index is 9.84. The molecule has 152 valence electrons. The first-order chi connectivity index (χ1) is 13.0. The van der Waals surface area contributed by atoms with Gasteiger partial charge in [-0.2, -0.15) is 0 Å². The van der Waals surface area contributed by atoms with Gasteiger partial charge >= 0.3 is 0 Å². The number of hydrogen-bond donors (Lipinski definition) is 2. The Bertz CT molecular complexity index is 581. The van der Waals surface area contributed by atoms with Crippen molar-refractivity contribution in [2.24, 2.45) is 11.8 Å². The van der Waals surface area contributed by atoms with Crippen LogP contribution in [0.2, 0.25) is 0 Å². The summed E-state index contributed by atoms with van der Waals surface area (Å²) in [7, 11) is 2.07. The molecule has 0 radical (unpaired) electrons. The van der Waals surface area contributed by atoms with Crippen LogP contribution in [-0.2, 0) is 0 Å². The maximum Gasteiger partial charge on any atom is 0.0558 e. The zero-order chi connectivity index (χ0) is 19.4. The molecule has 0 spiro atoms. The van der Waals surface area contributed by atoms with E-state index in [2.05, 4.69) is 53.8 Å². The second kappa shape index (κ2) is 9.37. The predicted octanol–water partition coefficient (Wildman–Crippen LogP) is 1.74. The van der Waals surface area contributed by atoms with Crippen molar-refractivity contribution in [3.05, 3.63) is 29.3 Å². The zero-order valence-electron chi connectivity index (χ0n) is 17.3. The van der Waals surface area contributed by atoms with Crippen molar-refractivity contribution in [3.8, 4) is 0 Å². The molecule has 0 aromatic heterocycles. The van der Waals surface area contributed by atoms with E-state index in [0.29, 0.717) is 24.4 Å². The lowest BCUT2D eigenvalue weighted by atomic mass is 9.96. The predicted molar refractivity (Wildman–Crippen MR) is 111 cm³/mol. The molecule has 2 saturated heterocycles. The van der Waals surface area contributed by atoms with E-state index in [1.165, 1.54) is 29.7 Å². The lowest BCUT2D eigenvalue weighted by Crippen LogP contribution is -2.44. The Morgan fingerprint density at radius 1 is 1.00 bits per heavy atom. The molecule has 5 heteroatoms. The van der Waals surface area contributed by atoms with Crippen LogP contribution in [-0.4, -0.2) is 85.6 Å². The third-order valence-corrected chi connectivity index (χ3v) is 6.42. The van der Waals surface area contributed by atoms with Crippen LogP contribution in [0.15, 0.2) is 18.2 Å². The second-order valence-electron chi connectivity index (χ2n) is 8.71. The quantitative estimate of drug-likeness (QED) is 0.760. The van der Waals surface area contributed by atoms with E-state index in [1.54, 1.807) is 0 Å². The lowest BCUT2D eigenvalue weighted by Gasteiger charge is -2.38. The third-order valence-electron chi connectivity index (χ3n) is 6.42. The van der Waals surface area contributed by atoms with Gasteiger partial charge in [0.1, 0.15) is 0 Å². The molecule has 2 aliphatic rings. The summed E-state index contributed by atoms with van der Waals surface area (Å²) in [5.41, 5.74) is 4.05. The van der Waals surface area contributed by atoms with Crippen molar-refractivity contribution in [1.82, 2.24) is 9.80 Å². The van der Waals surface area contributed by atoms with E-state index < -0.39 is 0 Å². The fourth-order valence-corrected chi connectivity index (χ4v) is 4.97. The van der Waals surface area contributed by atoms with Crippen molar-refractivity contribution >= 4 is 5.69 Å². The minimum absolute atomic E-state index is 0.202. The number of nitrogens with zero attached hydrogens (tertiary/aromatic N) is 3. The van der Waals surface area contributed by atoms with E-state index in [0.717, 1.165) is 32.7 Å². The Morgan fingerprint density at radius 2 is 1.63 bits per heavy atom. The number of benzene rings is 1. The van der Waals surface area contributed by atoms with Crippen LogP contribution >= 0.6 is 0 Å². The lowest BCUT2D eigenvalue weighted by molar-refractivity contribution is 0.160. The average molecular weight is 376 g/mol. The van der Waals surface area contributed by atoms with Gasteiger partial charge in [-0.25, -0.2) is 0 Å². The Labute approximate surface area is 164 Å². The van der Waals surface area contributed by atoms with Gasteiger partial charge in [0.15, 0.2) is 0 Å². The highest BCUT2D eigenvalue weighted by molar-refractivity contribution is 5.51. The van der Waals surface area contributed by atoms with E-state index >= 15 is 0 Å². The van der Waals surface area contributed by atoms with Gasteiger partial charge < -0.3 is 20.0 Å². The molecule has 0 saturated carbocycles. The minimum Gasteiger partial charge on any atom is -0.396 e. The summed E-state index contributed by atoms with van der Waals surface area (Å²) < 4.78 is 0. The number of aryl methyl sites for hydroxylation is 2. The van der Waals surface area contributed by atoms with Gasteiger partial charge in [-0.3, -0.25) is 4.90 Å². The summed E-state index contributed by atoms with van der Waals surface area (Å²) in [6, 6.07) is 7.48. The molecular formula is C22H37N3O2. The summed E-state index contributed by atoms with van der Waals surface area (Å²) in [6.45, 7) is 10.8. The van der Waals surface area contributed by atoms with Crippen LogP contribution in [0.4, 0.5) is 5.69 Å². The number of piperidine rings is 1. The number of likely N-dealkylation sites (tertiary alicyclic amines) is 1. The molecule has 3 rings (SSSR count). The van der Waals surface area contributed by atoms with Crippen LogP contribution in [0.25, 0.3) is 0 Å². The Kier molecular flexibility index (Phi) is 7.15. The third kappa shape index (κ3) is 5.23. The van der Waals surface area contributed by atoms with Crippen LogP contribution in [0.1, 0.15) is 24.0 Å². The molecule has 0 aliphatic carbocycles. The molecular weight excluding hydrogens is 338 g/mol. The minimum atomic E-state index is 0.202. The van der Waals surface area contributed by atoms with Crippen molar-refractivity contribution in [2.75, 3.05) is 64.4 Å². The topological polar surface area (TPSA) is 50.2 Å². The highest BCUT2D eigenvalue weighted by atomic mass is 16.3. The summed E-state index contributed by atoms with van der Waals surface area (Å²) in [5.74, 6) is 0.868. The molecule has 1 aromatic carbocycles. The van der Waals surface area contributed by atoms with E-state index in [-0.39, 0.29) is 13.2 Å². The number of rotatable bonds is 7. The first kappa shape index (κ1) is 20.6. The summed E-state index contributed by atoms with van der Waals surface area (Å²) >= 11 is 0. The smallest absolute Gasteiger partial charge is 0.0558 e. The number of anilines is 1. The van der Waals surface area contributed by atoms with Crippen molar-refractivity contribution < 1.29 is 10.2 Å². The standard InChI is InChI=1S/C22H37N3O2/c1-17-10-18(2)12-22(11-17)24-6-4-21(5-7-24)25-14-19(20(15-25)16-27)13-23(3)8-9-26/h10-12,19-21,26-27H,4-9,13-16H2,1-3H3/t19-,20-/m1/s1. The molecule has 0 unspecified atom stereocenters. The van der Waals surface area contributed by atoms with E-state index in [9.17, 15) is 5.11 Å². The Balaban J connectivity index is 1.54. The SMILES string of the molecule is Cc1cc(C)cc(N2CCC(N3C[C@@H](CN(C)CCO)[C@@H](CO)C3)CC2)c1.